The third kappa shape index (κ3) is 5.37. The molecule has 0 saturated heterocycles. The van der Waals surface area contributed by atoms with Crippen LogP contribution in [0.15, 0.2) is 24.3 Å². The van der Waals surface area contributed by atoms with Crippen molar-refractivity contribution in [3.8, 4) is 0 Å². The molecular formula is C22H26N2O4S2. The van der Waals surface area contributed by atoms with Crippen molar-refractivity contribution >= 4 is 51.3 Å². The molecule has 6 nitrogen and oxygen atoms in total. The number of carbonyl (C=O) groups is 2. The van der Waals surface area contributed by atoms with E-state index in [0.717, 1.165) is 31.2 Å². The monoisotopic (exact) mass is 446 g/mol. The molecule has 1 heterocycles. The standard InChI is InChI=1S/C22H26N2O4S2/c1-3-27-20(25)14-9-8-10-15(13-14)23-22(29)24-19-18(21(26)28-4-2)16-11-6-5-7-12-17(16)30-19/h8-10,13H,3-7,11-12H2,1-2H3,(H2,23,24,29). The number of fused-ring (bicyclic) bond motifs is 1. The molecule has 1 aliphatic carbocycles. The number of hydrogen-bond donors (Lipinski definition) is 2. The number of aryl methyl sites for hydroxylation is 1. The van der Waals surface area contributed by atoms with E-state index in [1.807, 2.05) is 6.07 Å². The van der Waals surface area contributed by atoms with E-state index in [4.69, 9.17) is 21.7 Å². The normalized spacial score (nSPS) is 13.0. The van der Waals surface area contributed by atoms with Gasteiger partial charge in [0.15, 0.2) is 5.11 Å². The summed E-state index contributed by atoms with van der Waals surface area (Å²) in [5.74, 6) is -0.696. The van der Waals surface area contributed by atoms with Crippen LogP contribution in [0, 0.1) is 0 Å². The first-order valence-corrected chi connectivity index (χ1v) is 11.4. The van der Waals surface area contributed by atoms with Gasteiger partial charge in [-0.1, -0.05) is 12.5 Å². The third-order valence-corrected chi connectivity index (χ3v) is 6.17. The molecule has 0 aliphatic heterocycles. The molecule has 8 heteroatoms. The second-order valence-electron chi connectivity index (χ2n) is 6.87. The highest BCUT2D eigenvalue weighted by atomic mass is 32.1. The van der Waals surface area contributed by atoms with E-state index < -0.39 is 0 Å². The minimum Gasteiger partial charge on any atom is -0.462 e. The van der Waals surface area contributed by atoms with Crippen molar-refractivity contribution in [1.29, 1.82) is 0 Å². The van der Waals surface area contributed by atoms with Crippen LogP contribution in [0.5, 0.6) is 0 Å². The fourth-order valence-electron chi connectivity index (χ4n) is 3.45. The van der Waals surface area contributed by atoms with Crippen LogP contribution in [0.2, 0.25) is 0 Å². The maximum Gasteiger partial charge on any atom is 0.341 e. The molecule has 2 N–H and O–H groups in total. The van der Waals surface area contributed by atoms with Crippen LogP contribution in [0.3, 0.4) is 0 Å². The van der Waals surface area contributed by atoms with Crippen molar-refractivity contribution in [1.82, 2.24) is 0 Å². The molecule has 160 valence electrons. The Hall–Kier alpha value is -2.45. The van der Waals surface area contributed by atoms with Crippen LogP contribution < -0.4 is 10.6 Å². The number of nitrogens with one attached hydrogen (secondary N) is 2. The SMILES string of the molecule is CCOC(=O)c1cccc(NC(=S)Nc2sc3c(c2C(=O)OCC)CCCCC3)c1. The van der Waals surface area contributed by atoms with Gasteiger partial charge in [0.1, 0.15) is 5.00 Å². The smallest absolute Gasteiger partial charge is 0.341 e. The molecule has 0 saturated carbocycles. The Balaban J connectivity index is 1.79. The molecular weight excluding hydrogens is 420 g/mol. The Kier molecular flexibility index (Phi) is 7.81. The molecule has 0 fully saturated rings. The van der Waals surface area contributed by atoms with Crippen molar-refractivity contribution in [2.45, 2.75) is 46.0 Å². The first-order valence-electron chi connectivity index (χ1n) is 10.2. The fraction of sp³-hybridized carbons (Fsp3) is 0.409. The topological polar surface area (TPSA) is 76.7 Å². The minimum atomic E-state index is -0.383. The Morgan fingerprint density at radius 1 is 1.03 bits per heavy atom. The zero-order valence-corrected chi connectivity index (χ0v) is 18.8. The predicted molar refractivity (Wildman–Crippen MR) is 124 cm³/mol. The summed E-state index contributed by atoms with van der Waals surface area (Å²) in [5, 5.41) is 7.31. The Morgan fingerprint density at radius 2 is 1.77 bits per heavy atom. The molecule has 0 unspecified atom stereocenters. The van der Waals surface area contributed by atoms with E-state index in [1.54, 1.807) is 43.4 Å². The summed E-state index contributed by atoms with van der Waals surface area (Å²) in [4.78, 5) is 25.8. The highest BCUT2D eigenvalue weighted by molar-refractivity contribution is 7.80. The van der Waals surface area contributed by atoms with E-state index in [1.165, 1.54) is 11.3 Å². The van der Waals surface area contributed by atoms with Gasteiger partial charge in [0.2, 0.25) is 0 Å². The average Bonchev–Trinajstić information content (AvgIpc) is 2.89. The van der Waals surface area contributed by atoms with Gasteiger partial charge in [0.05, 0.1) is 24.3 Å². The van der Waals surface area contributed by atoms with Crippen molar-refractivity contribution in [2.75, 3.05) is 23.8 Å². The van der Waals surface area contributed by atoms with Crippen molar-refractivity contribution in [2.24, 2.45) is 0 Å². The minimum absolute atomic E-state index is 0.313. The molecule has 0 radical (unpaired) electrons. The molecule has 0 bridgehead atoms. The Bertz CT molecular complexity index is 939. The lowest BCUT2D eigenvalue weighted by Gasteiger charge is -2.12. The largest absolute Gasteiger partial charge is 0.462 e. The van der Waals surface area contributed by atoms with Gasteiger partial charge < -0.3 is 20.1 Å². The molecule has 1 aliphatic rings. The molecule has 30 heavy (non-hydrogen) atoms. The molecule has 2 aromatic rings. The number of esters is 2. The van der Waals surface area contributed by atoms with Crippen LogP contribution in [-0.4, -0.2) is 30.3 Å². The van der Waals surface area contributed by atoms with E-state index in [-0.39, 0.29) is 11.9 Å². The van der Waals surface area contributed by atoms with Gasteiger partial charge in [-0.05, 0) is 75.5 Å². The number of ether oxygens (including phenoxy) is 2. The maximum atomic E-state index is 12.7. The lowest BCUT2D eigenvalue weighted by Crippen LogP contribution is -2.20. The number of hydrogen-bond acceptors (Lipinski definition) is 6. The average molecular weight is 447 g/mol. The van der Waals surface area contributed by atoms with E-state index >= 15 is 0 Å². The van der Waals surface area contributed by atoms with E-state index in [0.29, 0.717) is 40.1 Å². The summed E-state index contributed by atoms with van der Waals surface area (Å²) >= 11 is 7.04. The van der Waals surface area contributed by atoms with Gasteiger partial charge in [-0.25, -0.2) is 9.59 Å². The fourth-order valence-corrected chi connectivity index (χ4v) is 5.02. The van der Waals surface area contributed by atoms with Gasteiger partial charge >= 0.3 is 11.9 Å². The highest BCUT2D eigenvalue weighted by Gasteiger charge is 2.26. The van der Waals surface area contributed by atoms with Gasteiger partial charge in [0, 0.05) is 10.6 Å². The number of carbonyl (C=O) groups excluding carboxylic acids is 2. The quantitative estimate of drug-likeness (QED) is 0.360. The zero-order chi connectivity index (χ0) is 21.5. The molecule has 1 aromatic heterocycles. The van der Waals surface area contributed by atoms with Crippen molar-refractivity contribution < 1.29 is 19.1 Å². The predicted octanol–water partition coefficient (Wildman–Crippen LogP) is 5.18. The molecule has 0 spiro atoms. The van der Waals surface area contributed by atoms with Crippen molar-refractivity contribution in [3.63, 3.8) is 0 Å². The number of thiophene rings is 1. The maximum absolute atomic E-state index is 12.7. The molecule has 1 aromatic carbocycles. The number of rotatable bonds is 6. The summed E-state index contributed by atoms with van der Waals surface area (Å²) in [5.41, 5.74) is 2.79. The first kappa shape index (κ1) is 22.2. The third-order valence-electron chi connectivity index (χ3n) is 4.76. The van der Waals surface area contributed by atoms with Gasteiger partial charge in [-0.3, -0.25) is 0 Å². The lowest BCUT2D eigenvalue weighted by molar-refractivity contribution is 0.0517. The van der Waals surface area contributed by atoms with Crippen LogP contribution in [0.25, 0.3) is 0 Å². The summed E-state index contributed by atoms with van der Waals surface area (Å²) in [6.07, 6.45) is 5.21. The zero-order valence-electron chi connectivity index (χ0n) is 17.2. The van der Waals surface area contributed by atoms with E-state index in [2.05, 4.69) is 10.6 Å². The van der Waals surface area contributed by atoms with Gasteiger partial charge in [-0.15, -0.1) is 11.3 Å². The Morgan fingerprint density at radius 3 is 2.53 bits per heavy atom. The molecule has 3 rings (SSSR count). The Labute approximate surface area is 186 Å². The van der Waals surface area contributed by atoms with Crippen LogP contribution >= 0.6 is 23.6 Å². The molecule has 0 atom stereocenters. The second-order valence-corrected chi connectivity index (χ2v) is 8.38. The summed E-state index contributed by atoms with van der Waals surface area (Å²) in [7, 11) is 0. The van der Waals surface area contributed by atoms with Gasteiger partial charge in [-0.2, -0.15) is 0 Å². The summed E-state index contributed by atoms with van der Waals surface area (Å²) in [6.45, 7) is 4.21. The van der Waals surface area contributed by atoms with Crippen LogP contribution in [0.4, 0.5) is 10.7 Å². The van der Waals surface area contributed by atoms with E-state index in [9.17, 15) is 9.59 Å². The summed E-state index contributed by atoms with van der Waals surface area (Å²) in [6, 6.07) is 6.94. The molecule has 0 amide bonds. The first-order chi connectivity index (χ1) is 14.5. The van der Waals surface area contributed by atoms with Crippen LogP contribution in [0.1, 0.15) is 64.3 Å². The second kappa shape index (κ2) is 10.5. The summed E-state index contributed by atoms with van der Waals surface area (Å²) < 4.78 is 10.4. The highest BCUT2D eigenvalue weighted by Crippen LogP contribution is 2.38. The number of thiocarbonyl (C=S) groups is 1. The van der Waals surface area contributed by atoms with Gasteiger partial charge in [0.25, 0.3) is 0 Å². The number of anilines is 2. The van der Waals surface area contributed by atoms with Crippen LogP contribution in [-0.2, 0) is 22.3 Å². The number of benzene rings is 1. The van der Waals surface area contributed by atoms with Crippen molar-refractivity contribution in [3.05, 3.63) is 45.8 Å². The lowest BCUT2D eigenvalue weighted by atomic mass is 10.1.